The maximum atomic E-state index is 14.1. The van der Waals surface area contributed by atoms with Crippen LogP contribution in [0.15, 0.2) is 18.2 Å². The summed E-state index contributed by atoms with van der Waals surface area (Å²) in [5.41, 5.74) is 6.62. The van der Waals surface area contributed by atoms with E-state index in [1.807, 2.05) is 66.7 Å². The van der Waals surface area contributed by atoms with Crippen LogP contribution in [0.2, 0.25) is 0 Å². The molecule has 0 aromatic heterocycles. The number of hydrogen-bond acceptors (Lipinski definition) is 5. The molecule has 0 aliphatic heterocycles. The Morgan fingerprint density at radius 1 is 1.05 bits per heavy atom. The van der Waals surface area contributed by atoms with Gasteiger partial charge >= 0.3 is 6.09 Å². The number of alkyl carbamates (subject to hydrolysis) is 1. The van der Waals surface area contributed by atoms with Crippen LogP contribution in [0, 0.1) is 13.8 Å². The summed E-state index contributed by atoms with van der Waals surface area (Å²) in [5, 5.41) is 5.63. The first-order valence-corrected chi connectivity index (χ1v) is 12.9. The first-order valence-electron chi connectivity index (χ1n) is 12.9. The van der Waals surface area contributed by atoms with E-state index < -0.39 is 41.1 Å². The number of primary amides is 1. The predicted octanol–water partition coefficient (Wildman–Crippen LogP) is 4.05. The second-order valence-corrected chi connectivity index (χ2v) is 11.7. The molecule has 9 nitrogen and oxygen atoms in total. The Kier molecular flexibility index (Phi) is 11.2. The van der Waals surface area contributed by atoms with Crippen molar-refractivity contribution in [3.05, 3.63) is 34.9 Å². The molecular weight excluding hydrogens is 472 g/mol. The Morgan fingerprint density at radius 2 is 1.65 bits per heavy atom. The Bertz CT molecular complexity index is 978. The minimum absolute atomic E-state index is 0.0270. The Morgan fingerprint density at radius 3 is 2.11 bits per heavy atom. The zero-order valence-electron chi connectivity index (χ0n) is 24.2. The van der Waals surface area contributed by atoms with Crippen molar-refractivity contribution in [2.45, 2.75) is 118 Å². The Hall–Kier alpha value is -3.10. The number of nitrogens with zero attached hydrogens (tertiary/aromatic N) is 1. The second kappa shape index (κ2) is 12.9. The van der Waals surface area contributed by atoms with Crippen molar-refractivity contribution < 1.29 is 23.9 Å². The SMILES string of the molecule is CCC(C)N(C(=O)C(CCC(N)=O)NC(=O)OC(C)(C)C)C(C(=O)NC(C)(C)C)c1ccc(C)cc1C. The fourth-order valence-corrected chi connectivity index (χ4v) is 3.96. The monoisotopic (exact) mass is 518 g/mol. The molecule has 0 aliphatic carbocycles. The fourth-order valence-electron chi connectivity index (χ4n) is 3.96. The largest absolute Gasteiger partial charge is 0.444 e. The van der Waals surface area contributed by atoms with Gasteiger partial charge in [-0.05, 0) is 86.3 Å². The fraction of sp³-hybridized carbons (Fsp3) is 0.643. The number of aryl methyl sites for hydroxylation is 2. The van der Waals surface area contributed by atoms with Crippen molar-refractivity contribution in [2.24, 2.45) is 5.73 Å². The molecule has 1 rings (SSSR count). The molecule has 0 saturated heterocycles. The topological polar surface area (TPSA) is 131 Å². The lowest BCUT2D eigenvalue weighted by Gasteiger charge is -2.39. The van der Waals surface area contributed by atoms with Crippen LogP contribution in [-0.4, -0.2) is 51.9 Å². The summed E-state index contributed by atoms with van der Waals surface area (Å²) in [7, 11) is 0. The molecule has 0 saturated carbocycles. The van der Waals surface area contributed by atoms with Crippen molar-refractivity contribution >= 4 is 23.8 Å². The lowest BCUT2D eigenvalue weighted by Crippen LogP contribution is -2.57. The number of carbonyl (C=O) groups is 4. The molecule has 3 atom stereocenters. The normalized spacial score (nSPS) is 14.2. The maximum absolute atomic E-state index is 14.1. The van der Waals surface area contributed by atoms with Crippen LogP contribution >= 0.6 is 0 Å². The van der Waals surface area contributed by atoms with Crippen molar-refractivity contribution in [1.82, 2.24) is 15.5 Å². The van der Waals surface area contributed by atoms with Crippen molar-refractivity contribution in [3.63, 3.8) is 0 Å². The number of ether oxygens (including phenoxy) is 1. The second-order valence-electron chi connectivity index (χ2n) is 11.7. The van der Waals surface area contributed by atoms with E-state index in [0.717, 1.165) is 11.1 Å². The van der Waals surface area contributed by atoms with Gasteiger partial charge in [0.05, 0.1) is 0 Å². The number of nitrogens with two attached hydrogens (primary N) is 1. The molecule has 0 spiro atoms. The molecule has 4 N–H and O–H groups in total. The predicted molar refractivity (Wildman–Crippen MR) is 145 cm³/mol. The molecule has 0 aliphatic rings. The zero-order chi connectivity index (χ0) is 28.7. The van der Waals surface area contributed by atoms with Gasteiger partial charge < -0.3 is 26.0 Å². The van der Waals surface area contributed by atoms with E-state index in [1.165, 1.54) is 4.90 Å². The van der Waals surface area contributed by atoms with Crippen molar-refractivity contribution in [2.75, 3.05) is 0 Å². The Labute approximate surface area is 221 Å². The summed E-state index contributed by atoms with van der Waals surface area (Å²) in [5.74, 6) is -1.43. The highest BCUT2D eigenvalue weighted by Gasteiger charge is 2.39. The van der Waals surface area contributed by atoms with Crippen LogP contribution in [0.5, 0.6) is 0 Å². The van der Waals surface area contributed by atoms with Crippen LogP contribution in [0.3, 0.4) is 0 Å². The molecule has 1 aromatic carbocycles. The van der Waals surface area contributed by atoms with E-state index in [9.17, 15) is 19.2 Å². The lowest BCUT2D eigenvalue weighted by molar-refractivity contribution is -0.146. The summed E-state index contributed by atoms with van der Waals surface area (Å²) < 4.78 is 5.37. The van der Waals surface area contributed by atoms with Crippen LogP contribution in [0.1, 0.15) is 97.4 Å². The number of nitrogens with one attached hydrogen (secondary N) is 2. The van der Waals surface area contributed by atoms with Gasteiger partial charge in [-0.1, -0.05) is 30.7 Å². The highest BCUT2D eigenvalue weighted by molar-refractivity contribution is 5.93. The van der Waals surface area contributed by atoms with Crippen molar-refractivity contribution in [3.8, 4) is 0 Å². The molecule has 37 heavy (non-hydrogen) atoms. The van der Waals surface area contributed by atoms with Gasteiger partial charge in [-0.3, -0.25) is 14.4 Å². The molecular formula is C28H46N4O5. The summed E-state index contributed by atoms with van der Waals surface area (Å²) in [6.07, 6.45) is -0.379. The van der Waals surface area contributed by atoms with Crippen molar-refractivity contribution in [1.29, 1.82) is 0 Å². The van der Waals surface area contributed by atoms with Gasteiger partial charge in [-0.15, -0.1) is 0 Å². The summed E-state index contributed by atoms with van der Waals surface area (Å²) in [6.45, 7) is 18.4. The number of rotatable bonds is 10. The van der Waals surface area contributed by atoms with E-state index >= 15 is 0 Å². The minimum atomic E-state index is -1.12. The van der Waals surface area contributed by atoms with E-state index in [2.05, 4.69) is 10.6 Å². The number of hydrogen-bond donors (Lipinski definition) is 3. The van der Waals surface area contributed by atoms with E-state index in [4.69, 9.17) is 10.5 Å². The van der Waals surface area contributed by atoms with Crippen LogP contribution in [0.25, 0.3) is 0 Å². The number of benzene rings is 1. The lowest BCUT2D eigenvalue weighted by atomic mass is 9.93. The highest BCUT2D eigenvalue weighted by atomic mass is 16.6. The smallest absolute Gasteiger partial charge is 0.408 e. The minimum Gasteiger partial charge on any atom is -0.444 e. The summed E-state index contributed by atoms with van der Waals surface area (Å²) in [4.78, 5) is 53.7. The molecule has 9 heteroatoms. The third-order valence-corrected chi connectivity index (χ3v) is 5.73. The van der Waals surface area contributed by atoms with Gasteiger partial charge in [0.2, 0.25) is 17.7 Å². The van der Waals surface area contributed by atoms with Crippen LogP contribution in [-0.2, 0) is 19.1 Å². The highest BCUT2D eigenvalue weighted by Crippen LogP contribution is 2.30. The molecule has 0 radical (unpaired) electrons. The first-order chi connectivity index (χ1) is 16.9. The van der Waals surface area contributed by atoms with Crippen LogP contribution in [0.4, 0.5) is 4.79 Å². The van der Waals surface area contributed by atoms with Gasteiger partial charge in [-0.2, -0.15) is 0 Å². The standard InChI is InChI=1S/C28H46N4O5/c1-11-19(4)32(25(35)21(14-15-22(29)33)30-26(36)37-28(8,9)10)23(24(34)31-27(5,6)7)20-13-12-17(2)16-18(20)3/h12-13,16,19,21,23H,11,14-15H2,1-10H3,(H2,29,33)(H,30,36)(H,31,34). The third kappa shape index (κ3) is 10.4. The first kappa shape index (κ1) is 31.9. The van der Waals surface area contributed by atoms with Crippen LogP contribution < -0.4 is 16.4 Å². The van der Waals surface area contributed by atoms with E-state index in [0.29, 0.717) is 12.0 Å². The number of carbonyl (C=O) groups excluding carboxylic acids is 4. The van der Waals surface area contributed by atoms with Gasteiger partial charge in [0.15, 0.2) is 0 Å². The molecule has 0 heterocycles. The van der Waals surface area contributed by atoms with Gasteiger partial charge in [0.1, 0.15) is 17.7 Å². The molecule has 0 bridgehead atoms. The molecule has 4 amide bonds. The summed E-state index contributed by atoms with van der Waals surface area (Å²) >= 11 is 0. The van der Waals surface area contributed by atoms with Gasteiger partial charge in [0, 0.05) is 18.0 Å². The quantitative estimate of drug-likeness (QED) is 0.430. The average Bonchev–Trinajstić information content (AvgIpc) is 2.71. The third-order valence-electron chi connectivity index (χ3n) is 5.73. The maximum Gasteiger partial charge on any atom is 0.408 e. The van der Waals surface area contributed by atoms with Gasteiger partial charge in [-0.25, -0.2) is 4.79 Å². The zero-order valence-corrected chi connectivity index (χ0v) is 24.2. The Balaban J connectivity index is 3.65. The van der Waals surface area contributed by atoms with E-state index in [-0.39, 0.29) is 24.8 Å². The molecule has 0 fully saturated rings. The molecule has 208 valence electrons. The number of amides is 4. The molecule has 1 aromatic rings. The molecule has 3 unspecified atom stereocenters. The van der Waals surface area contributed by atoms with Gasteiger partial charge in [0.25, 0.3) is 0 Å². The summed E-state index contributed by atoms with van der Waals surface area (Å²) in [6, 6.07) is 3.30. The van der Waals surface area contributed by atoms with E-state index in [1.54, 1.807) is 20.8 Å². The average molecular weight is 519 g/mol.